The van der Waals surface area contributed by atoms with Gasteiger partial charge in [0.15, 0.2) is 0 Å². The van der Waals surface area contributed by atoms with Gasteiger partial charge in [-0.2, -0.15) is 4.48 Å². The van der Waals surface area contributed by atoms with Gasteiger partial charge >= 0.3 is 12.0 Å². The van der Waals surface area contributed by atoms with Crippen LogP contribution in [0, 0.1) is 5.92 Å². The Hall–Kier alpha value is -3.25. The highest BCUT2D eigenvalue weighted by Crippen LogP contribution is 2.31. The number of methoxy groups -OCH3 is 2. The number of carbonyl (C=O) groups excluding carboxylic acids is 4. The number of ketones is 1. The molecule has 0 aromatic heterocycles. The van der Waals surface area contributed by atoms with E-state index < -0.39 is 0 Å². The summed E-state index contributed by atoms with van der Waals surface area (Å²) in [6.45, 7) is 9.25. The Labute approximate surface area is 265 Å². The first-order chi connectivity index (χ1) is 20.7. The van der Waals surface area contributed by atoms with E-state index in [-0.39, 0.29) is 40.4 Å². The summed E-state index contributed by atoms with van der Waals surface area (Å²) in [5.74, 6) is 0.841. The van der Waals surface area contributed by atoms with Crippen LogP contribution < -0.4 is 11.1 Å². The van der Waals surface area contributed by atoms with Crippen molar-refractivity contribution in [2.75, 3.05) is 42.5 Å². The predicted octanol–water partition coefficient (Wildman–Crippen LogP) is 5.53. The van der Waals surface area contributed by atoms with E-state index in [9.17, 15) is 19.2 Å². The molecule has 44 heavy (non-hydrogen) atoms. The van der Waals surface area contributed by atoms with Crippen molar-refractivity contribution in [1.29, 1.82) is 0 Å². The Morgan fingerprint density at radius 1 is 1.14 bits per heavy atom. The third-order valence-electron chi connectivity index (χ3n) is 5.67. The van der Waals surface area contributed by atoms with Crippen molar-refractivity contribution in [3.05, 3.63) is 48.2 Å². The van der Waals surface area contributed by atoms with Crippen LogP contribution in [0.4, 0.5) is 4.79 Å². The molecule has 3 rings (SSSR count). The first kappa shape index (κ1) is 45.2. The fourth-order valence-corrected chi connectivity index (χ4v) is 3.60. The topological polar surface area (TPSA) is 146 Å². The van der Waals surface area contributed by atoms with Crippen LogP contribution in [0.15, 0.2) is 47.6 Å². The number of nitrogens with one attached hydrogen (secondary N) is 1. The van der Waals surface area contributed by atoms with E-state index in [1.54, 1.807) is 45.6 Å². The van der Waals surface area contributed by atoms with E-state index >= 15 is 0 Å². The summed E-state index contributed by atoms with van der Waals surface area (Å²) in [7, 11) is 10.2. The second kappa shape index (κ2) is 28.5. The number of ether oxygens (including phenoxy) is 3. The summed E-state index contributed by atoms with van der Waals surface area (Å²) in [5.41, 5.74) is 6.26. The molecule has 2 aliphatic rings. The van der Waals surface area contributed by atoms with Gasteiger partial charge in [-0.15, -0.1) is 4.99 Å². The Balaban J connectivity index is -0.000000539. The summed E-state index contributed by atoms with van der Waals surface area (Å²) >= 11 is 0. The summed E-state index contributed by atoms with van der Waals surface area (Å²) in [6.07, 6.45) is 10.6. The number of amidine groups is 1. The molecular weight excluding hydrogens is 564 g/mol. The number of hydrogen-bond acceptors (Lipinski definition) is 9. The molecule has 1 saturated heterocycles. The van der Waals surface area contributed by atoms with Crippen LogP contribution in [0.3, 0.4) is 0 Å². The molecule has 252 valence electrons. The molecule has 11 heteroatoms. The van der Waals surface area contributed by atoms with Gasteiger partial charge < -0.3 is 30.1 Å². The van der Waals surface area contributed by atoms with Gasteiger partial charge in [-0.1, -0.05) is 63.9 Å². The maximum absolute atomic E-state index is 12.0. The molecule has 2 heterocycles. The smallest absolute Gasteiger partial charge is 0.451 e. The number of esters is 1. The lowest BCUT2D eigenvalue weighted by molar-refractivity contribution is -0.830. The highest BCUT2D eigenvalue weighted by atomic mass is 16.5. The van der Waals surface area contributed by atoms with Crippen molar-refractivity contribution < 1.29 is 37.9 Å². The lowest BCUT2D eigenvalue weighted by atomic mass is 10.1. The molecule has 0 spiro atoms. The number of amides is 2. The number of aliphatic imine (C=N–C) groups is 1. The van der Waals surface area contributed by atoms with Crippen LogP contribution >= 0.6 is 0 Å². The number of hydrogen-bond donors (Lipinski definition) is 2. The number of carbonyl (C=O) groups is 4. The first-order valence-corrected chi connectivity index (χ1v) is 14.8. The van der Waals surface area contributed by atoms with Gasteiger partial charge in [0.2, 0.25) is 6.23 Å². The average molecular weight is 624 g/mol. The molecule has 1 fully saturated rings. The minimum atomic E-state index is -0.245. The molecule has 2 aliphatic heterocycles. The molecular formula is C33H59N4O7+. The van der Waals surface area contributed by atoms with Crippen molar-refractivity contribution >= 4 is 29.9 Å². The van der Waals surface area contributed by atoms with Crippen LogP contribution in [-0.4, -0.2) is 89.2 Å². The third kappa shape index (κ3) is 24.2. The van der Waals surface area contributed by atoms with Gasteiger partial charge in [-0.05, 0) is 39.8 Å². The van der Waals surface area contributed by atoms with Crippen LogP contribution in [0.5, 0.6) is 0 Å². The number of rotatable bonds is 7. The molecule has 2 amide bonds. The number of Topliss-reactive ketones (excluding diaryl/α,β-unsaturated/α-hetero) is 1. The van der Waals surface area contributed by atoms with Gasteiger partial charge in [-0.25, -0.2) is 4.79 Å². The highest BCUT2D eigenvalue weighted by Gasteiger charge is 2.45. The van der Waals surface area contributed by atoms with E-state index in [4.69, 9.17) is 10.5 Å². The van der Waals surface area contributed by atoms with Gasteiger partial charge in [0, 0.05) is 45.6 Å². The van der Waals surface area contributed by atoms with E-state index in [0.29, 0.717) is 5.92 Å². The summed E-state index contributed by atoms with van der Waals surface area (Å²) < 4.78 is 14.4. The monoisotopic (exact) mass is 623 g/mol. The summed E-state index contributed by atoms with van der Waals surface area (Å²) in [4.78, 5) is 45.7. The largest absolute Gasteiger partial charge is 0.469 e. The average Bonchev–Trinajstić information content (AvgIpc) is 3.45. The molecule has 3 N–H and O–H groups in total. The molecule has 0 saturated carbocycles. The second-order valence-corrected chi connectivity index (χ2v) is 10.6. The molecule has 3 unspecified atom stereocenters. The third-order valence-corrected chi connectivity index (χ3v) is 5.67. The number of quaternary nitrogens is 1. The number of benzene rings is 1. The van der Waals surface area contributed by atoms with Crippen molar-refractivity contribution in [1.82, 2.24) is 5.32 Å². The molecule has 3 atom stereocenters. The molecule has 1 aromatic rings. The minimum absolute atomic E-state index is 0.0866. The molecule has 1 aromatic carbocycles. The standard InChI is InChI=1S/C13H21N3O2.C7H6O.C6H12O.C3H6O2.C2H7N.C2H6O/c1-3-4-5-10-6-7-12(18-10)16(2)9-8-11(14)15-13(16)17;8-6-7-4-2-1-3-5-7;1-5(2)4-6(3)7;1-3(4)5-2;2*1-3-2/h8-10,12H,3-7H2,1-2H3,(H-,14,15,17);1-6H;5H,4H2,1-3H3;1-2H3;3H,1-2H3;1-2H3/p+1. The summed E-state index contributed by atoms with van der Waals surface area (Å²) in [5, 5.41) is 2.75. The number of urea groups is 1. The lowest BCUT2D eigenvalue weighted by Gasteiger charge is -2.32. The van der Waals surface area contributed by atoms with Crippen molar-refractivity contribution in [2.45, 2.75) is 85.5 Å². The maximum Gasteiger partial charge on any atom is 0.451 e. The number of nitrogens with zero attached hydrogens (tertiary/aromatic N) is 2. The zero-order chi connectivity index (χ0) is 34.6. The van der Waals surface area contributed by atoms with Gasteiger partial charge in [0.1, 0.15) is 24.1 Å². The van der Waals surface area contributed by atoms with E-state index in [0.717, 1.165) is 37.5 Å². The Bertz CT molecular complexity index is 966. The Morgan fingerprint density at radius 3 is 2.00 bits per heavy atom. The lowest BCUT2D eigenvalue weighted by Crippen LogP contribution is -2.53. The quantitative estimate of drug-likeness (QED) is 0.227. The van der Waals surface area contributed by atoms with Gasteiger partial charge in [-0.3, -0.25) is 9.59 Å². The van der Waals surface area contributed by atoms with E-state index in [1.165, 1.54) is 26.9 Å². The maximum atomic E-state index is 12.0. The molecule has 0 bridgehead atoms. The van der Waals surface area contributed by atoms with Crippen molar-refractivity contribution in [2.24, 2.45) is 16.6 Å². The first-order valence-electron chi connectivity index (χ1n) is 14.8. The number of unbranched alkanes of at least 4 members (excludes halogenated alkanes) is 1. The molecule has 0 radical (unpaired) electrons. The normalized spacial score (nSPS) is 19.4. The van der Waals surface area contributed by atoms with Crippen molar-refractivity contribution in [3.63, 3.8) is 0 Å². The summed E-state index contributed by atoms with van der Waals surface area (Å²) in [6, 6.07) is 8.86. The predicted molar refractivity (Wildman–Crippen MR) is 177 cm³/mol. The Morgan fingerprint density at radius 2 is 1.66 bits per heavy atom. The highest BCUT2D eigenvalue weighted by molar-refractivity contribution is 5.99. The fourth-order valence-electron chi connectivity index (χ4n) is 3.60. The van der Waals surface area contributed by atoms with Gasteiger partial charge in [0.05, 0.1) is 20.3 Å². The number of aldehydes is 1. The van der Waals surface area contributed by atoms with Crippen LogP contribution in [-0.2, 0) is 23.8 Å². The van der Waals surface area contributed by atoms with E-state index in [1.807, 2.05) is 53.2 Å². The van der Waals surface area contributed by atoms with Gasteiger partial charge in [0.25, 0.3) is 0 Å². The zero-order valence-corrected chi connectivity index (χ0v) is 28.9. The number of nitrogens with two attached hydrogens (primary N) is 1. The fraction of sp³-hybridized carbons (Fsp3) is 0.606. The minimum Gasteiger partial charge on any atom is -0.469 e. The van der Waals surface area contributed by atoms with Crippen LogP contribution in [0.25, 0.3) is 0 Å². The van der Waals surface area contributed by atoms with Crippen molar-refractivity contribution in [3.8, 4) is 0 Å². The molecule has 0 aliphatic carbocycles. The zero-order valence-electron chi connectivity index (χ0n) is 28.9. The SMILES string of the molecule is CC(=O)CC(C)C.CCCCC1CCC([N+]2(C)C=CC(N)=NC2=O)O1.CNC.COC.COC(C)=O.O=Cc1ccccc1. The second-order valence-electron chi connectivity index (χ2n) is 10.6. The molecule has 11 nitrogen and oxygen atoms in total. The Kier molecular flexibility index (Phi) is 29.3. The van der Waals surface area contributed by atoms with E-state index in [2.05, 4.69) is 26.7 Å². The van der Waals surface area contributed by atoms with Crippen LogP contribution in [0.1, 0.15) is 83.5 Å². The van der Waals surface area contributed by atoms with Crippen LogP contribution in [0.2, 0.25) is 0 Å².